The second-order valence-electron chi connectivity index (χ2n) is 5.92. The van der Waals surface area contributed by atoms with Gasteiger partial charge in [-0.3, -0.25) is 4.79 Å². The number of hydrogen-bond acceptors (Lipinski definition) is 2. The second-order valence-corrected chi connectivity index (χ2v) is 5.92. The largest absolute Gasteiger partial charge is 0.353 e. The summed E-state index contributed by atoms with van der Waals surface area (Å²) in [6.07, 6.45) is 10.9. The van der Waals surface area contributed by atoms with Gasteiger partial charge in [-0.05, 0) is 44.4 Å². The maximum atomic E-state index is 12.1. The van der Waals surface area contributed by atoms with Gasteiger partial charge < -0.3 is 5.32 Å². The summed E-state index contributed by atoms with van der Waals surface area (Å²) in [5.74, 6) is 1.13. The Morgan fingerprint density at radius 2 is 1.72 bits per heavy atom. The van der Waals surface area contributed by atoms with Gasteiger partial charge in [0.1, 0.15) is 0 Å². The summed E-state index contributed by atoms with van der Waals surface area (Å²) in [4.78, 5) is 12.1. The van der Waals surface area contributed by atoms with Crippen molar-refractivity contribution in [3.8, 4) is 6.07 Å². The van der Waals surface area contributed by atoms with Crippen LogP contribution in [0.1, 0.15) is 64.2 Å². The fourth-order valence-corrected chi connectivity index (χ4v) is 3.32. The summed E-state index contributed by atoms with van der Waals surface area (Å²) >= 11 is 0. The van der Waals surface area contributed by atoms with Crippen LogP contribution in [0.4, 0.5) is 0 Å². The summed E-state index contributed by atoms with van der Waals surface area (Å²) in [6.45, 7) is 0. The van der Waals surface area contributed by atoms with Gasteiger partial charge in [-0.1, -0.05) is 19.3 Å². The Bertz CT molecular complexity index is 307. The van der Waals surface area contributed by atoms with Gasteiger partial charge in [0.15, 0.2) is 0 Å². The van der Waals surface area contributed by atoms with Crippen LogP contribution in [0.3, 0.4) is 0 Å². The molecule has 0 atom stereocenters. The molecule has 1 amide bonds. The smallest absolute Gasteiger partial charge is 0.223 e. The van der Waals surface area contributed by atoms with Gasteiger partial charge in [-0.15, -0.1) is 0 Å². The third kappa shape index (κ3) is 3.73. The fraction of sp³-hybridized carbons (Fsp3) is 0.867. The van der Waals surface area contributed by atoms with Crippen LogP contribution < -0.4 is 5.32 Å². The average Bonchev–Trinajstić information content (AvgIpc) is 2.42. The zero-order valence-corrected chi connectivity index (χ0v) is 11.2. The van der Waals surface area contributed by atoms with E-state index in [0.29, 0.717) is 24.3 Å². The molecular formula is C15H24N2O. The Balaban J connectivity index is 1.70. The normalized spacial score (nSPS) is 29.5. The van der Waals surface area contributed by atoms with Gasteiger partial charge >= 0.3 is 0 Å². The van der Waals surface area contributed by atoms with E-state index in [1.807, 2.05) is 0 Å². The Labute approximate surface area is 110 Å². The lowest BCUT2D eigenvalue weighted by Crippen LogP contribution is -2.41. The van der Waals surface area contributed by atoms with Crippen LogP contribution >= 0.6 is 0 Å². The topological polar surface area (TPSA) is 52.9 Å². The number of amides is 1. The second kappa shape index (κ2) is 6.78. The van der Waals surface area contributed by atoms with E-state index < -0.39 is 0 Å². The van der Waals surface area contributed by atoms with Gasteiger partial charge in [0.2, 0.25) is 5.91 Å². The highest BCUT2D eigenvalue weighted by Gasteiger charge is 2.26. The molecule has 18 heavy (non-hydrogen) atoms. The van der Waals surface area contributed by atoms with Crippen LogP contribution in [-0.4, -0.2) is 11.9 Å². The molecule has 0 saturated heterocycles. The highest BCUT2D eigenvalue weighted by atomic mass is 16.1. The van der Waals surface area contributed by atoms with Gasteiger partial charge in [-0.2, -0.15) is 5.26 Å². The van der Waals surface area contributed by atoms with E-state index in [4.69, 9.17) is 5.26 Å². The Morgan fingerprint density at radius 3 is 2.33 bits per heavy atom. The van der Waals surface area contributed by atoms with Crippen molar-refractivity contribution >= 4 is 5.91 Å². The Hall–Kier alpha value is -1.04. The number of nitriles is 1. The minimum atomic E-state index is 0.274. The molecule has 0 heterocycles. The Kier molecular flexibility index (Phi) is 5.04. The standard InChI is InChI=1S/C15H24N2O/c16-11-10-12-6-8-14(9-7-12)17-15(18)13-4-2-1-3-5-13/h12-14H,1-10H2,(H,17,18). The zero-order valence-electron chi connectivity index (χ0n) is 11.2. The van der Waals surface area contributed by atoms with Crippen molar-refractivity contribution in [3.05, 3.63) is 0 Å². The van der Waals surface area contributed by atoms with E-state index in [0.717, 1.165) is 38.5 Å². The van der Waals surface area contributed by atoms with E-state index in [1.165, 1.54) is 19.3 Å². The van der Waals surface area contributed by atoms with Crippen molar-refractivity contribution in [2.45, 2.75) is 70.3 Å². The highest BCUT2D eigenvalue weighted by Crippen LogP contribution is 2.28. The predicted octanol–water partition coefficient (Wildman–Crippen LogP) is 3.16. The first-order valence-corrected chi connectivity index (χ1v) is 7.47. The van der Waals surface area contributed by atoms with E-state index in [2.05, 4.69) is 11.4 Å². The van der Waals surface area contributed by atoms with E-state index in [-0.39, 0.29) is 5.92 Å². The zero-order chi connectivity index (χ0) is 12.8. The number of carbonyl (C=O) groups is 1. The summed E-state index contributed by atoms with van der Waals surface area (Å²) < 4.78 is 0. The first kappa shape index (κ1) is 13.4. The molecule has 3 heteroatoms. The lowest BCUT2D eigenvalue weighted by molar-refractivity contribution is -0.126. The maximum Gasteiger partial charge on any atom is 0.223 e. The molecule has 0 aromatic heterocycles. The fourth-order valence-electron chi connectivity index (χ4n) is 3.32. The van der Waals surface area contributed by atoms with Crippen molar-refractivity contribution in [3.63, 3.8) is 0 Å². The van der Waals surface area contributed by atoms with Crippen LogP contribution in [-0.2, 0) is 4.79 Å². The summed E-state index contributed by atoms with van der Waals surface area (Å²) in [5, 5.41) is 11.9. The lowest BCUT2D eigenvalue weighted by Gasteiger charge is -2.30. The van der Waals surface area contributed by atoms with Crippen LogP contribution in [0.2, 0.25) is 0 Å². The van der Waals surface area contributed by atoms with Crippen LogP contribution in [0.25, 0.3) is 0 Å². The molecule has 1 N–H and O–H groups in total. The highest BCUT2D eigenvalue weighted by molar-refractivity contribution is 5.79. The van der Waals surface area contributed by atoms with Crippen LogP contribution in [0.5, 0.6) is 0 Å². The molecule has 2 aliphatic carbocycles. The minimum Gasteiger partial charge on any atom is -0.353 e. The number of carbonyl (C=O) groups excluding carboxylic acids is 1. The van der Waals surface area contributed by atoms with Crippen molar-refractivity contribution < 1.29 is 4.79 Å². The van der Waals surface area contributed by atoms with Crippen molar-refractivity contribution in [2.24, 2.45) is 11.8 Å². The SMILES string of the molecule is N#CCC1CCC(NC(=O)C2CCCCC2)CC1. The van der Waals surface area contributed by atoms with Gasteiger partial charge in [0, 0.05) is 18.4 Å². The van der Waals surface area contributed by atoms with Crippen molar-refractivity contribution in [1.82, 2.24) is 5.32 Å². The third-order valence-corrected chi connectivity index (χ3v) is 4.55. The predicted molar refractivity (Wildman–Crippen MR) is 70.7 cm³/mol. The molecule has 0 unspecified atom stereocenters. The molecule has 2 rings (SSSR count). The quantitative estimate of drug-likeness (QED) is 0.834. The van der Waals surface area contributed by atoms with E-state index in [9.17, 15) is 4.79 Å². The molecule has 2 fully saturated rings. The van der Waals surface area contributed by atoms with E-state index in [1.54, 1.807) is 0 Å². The molecule has 2 saturated carbocycles. The summed E-state index contributed by atoms with van der Waals surface area (Å²) in [6, 6.07) is 2.63. The molecule has 100 valence electrons. The third-order valence-electron chi connectivity index (χ3n) is 4.55. The van der Waals surface area contributed by atoms with Gasteiger partial charge in [-0.25, -0.2) is 0 Å². The molecule has 0 aromatic carbocycles. The molecule has 0 aliphatic heterocycles. The first-order valence-electron chi connectivity index (χ1n) is 7.47. The number of nitrogens with zero attached hydrogens (tertiary/aromatic N) is 1. The molecule has 0 aromatic rings. The van der Waals surface area contributed by atoms with Crippen LogP contribution in [0.15, 0.2) is 0 Å². The lowest BCUT2D eigenvalue weighted by atomic mass is 9.83. The number of hydrogen-bond donors (Lipinski definition) is 1. The molecule has 0 radical (unpaired) electrons. The molecule has 2 aliphatic rings. The van der Waals surface area contributed by atoms with Crippen molar-refractivity contribution in [2.75, 3.05) is 0 Å². The van der Waals surface area contributed by atoms with Crippen LogP contribution in [0, 0.1) is 23.2 Å². The first-order chi connectivity index (χ1) is 8.79. The van der Waals surface area contributed by atoms with Crippen molar-refractivity contribution in [1.29, 1.82) is 5.26 Å². The summed E-state index contributed by atoms with van der Waals surface area (Å²) in [5.41, 5.74) is 0. The number of rotatable bonds is 3. The molecular weight excluding hydrogens is 224 g/mol. The van der Waals surface area contributed by atoms with Gasteiger partial charge in [0.25, 0.3) is 0 Å². The monoisotopic (exact) mass is 248 g/mol. The molecule has 0 bridgehead atoms. The van der Waals surface area contributed by atoms with E-state index >= 15 is 0 Å². The summed E-state index contributed by atoms with van der Waals surface area (Å²) in [7, 11) is 0. The molecule has 3 nitrogen and oxygen atoms in total. The Morgan fingerprint density at radius 1 is 1.06 bits per heavy atom. The van der Waals surface area contributed by atoms with Gasteiger partial charge in [0.05, 0.1) is 6.07 Å². The maximum absolute atomic E-state index is 12.1. The molecule has 0 spiro atoms. The minimum absolute atomic E-state index is 0.274. The average molecular weight is 248 g/mol. The number of nitrogens with one attached hydrogen (secondary N) is 1.